The second kappa shape index (κ2) is 4.20. The standard InChI is InChI=1S/C8H17ClO/c1-4-5-8(2,3)6-7(9)10/h7,10H,4-6H2,1-3H3. The molecule has 0 amide bonds. The summed E-state index contributed by atoms with van der Waals surface area (Å²) in [5, 5.41) is 8.88. The van der Waals surface area contributed by atoms with E-state index in [0.717, 1.165) is 12.8 Å². The molecule has 2 heteroatoms. The SMILES string of the molecule is CCCC(C)(C)CC(O)Cl. The van der Waals surface area contributed by atoms with Crippen LogP contribution in [0.15, 0.2) is 0 Å². The van der Waals surface area contributed by atoms with Gasteiger partial charge in [0.1, 0.15) is 5.56 Å². The van der Waals surface area contributed by atoms with Crippen LogP contribution in [-0.2, 0) is 0 Å². The Labute approximate surface area is 68.4 Å². The molecule has 0 bridgehead atoms. The van der Waals surface area contributed by atoms with Crippen LogP contribution < -0.4 is 0 Å². The Bertz CT molecular complexity index is 89.3. The summed E-state index contributed by atoms with van der Waals surface area (Å²) < 4.78 is 0. The van der Waals surface area contributed by atoms with Crippen LogP contribution in [0.1, 0.15) is 40.0 Å². The fourth-order valence-corrected chi connectivity index (χ4v) is 1.65. The van der Waals surface area contributed by atoms with Gasteiger partial charge in [0.15, 0.2) is 0 Å². The summed E-state index contributed by atoms with van der Waals surface area (Å²) in [6, 6.07) is 0. The van der Waals surface area contributed by atoms with E-state index in [0.29, 0.717) is 6.42 Å². The van der Waals surface area contributed by atoms with Gasteiger partial charge >= 0.3 is 0 Å². The molecule has 0 aliphatic carbocycles. The van der Waals surface area contributed by atoms with Crippen molar-refractivity contribution < 1.29 is 5.11 Å². The van der Waals surface area contributed by atoms with Crippen molar-refractivity contribution in [1.82, 2.24) is 0 Å². The van der Waals surface area contributed by atoms with Crippen molar-refractivity contribution in [2.24, 2.45) is 5.41 Å². The summed E-state index contributed by atoms with van der Waals surface area (Å²) >= 11 is 5.45. The van der Waals surface area contributed by atoms with Crippen LogP contribution in [0.2, 0.25) is 0 Å². The van der Waals surface area contributed by atoms with Crippen molar-refractivity contribution >= 4 is 11.6 Å². The molecule has 1 nitrogen and oxygen atoms in total. The van der Waals surface area contributed by atoms with Crippen molar-refractivity contribution in [3.8, 4) is 0 Å². The minimum Gasteiger partial charge on any atom is -0.378 e. The predicted molar refractivity (Wildman–Crippen MR) is 45.2 cm³/mol. The number of hydrogen-bond donors (Lipinski definition) is 1. The highest BCUT2D eigenvalue weighted by molar-refractivity contribution is 6.19. The lowest BCUT2D eigenvalue weighted by Crippen LogP contribution is -2.16. The number of alkyl halides is 1. The normalized spacial score (nSPS) is 15.3. The third kappa shape index (κ3) is 5.07. The van der Waals surface area contributed by atoms with Gasteiger partial charge in [-0.3, -0.25) is 0 Å². The number of aliphatic hydroxyl groups excluding tert-OH is 1. The molecule has 0 aliphatic rings. The summed E-state index contributed by atoms with van der Waals surface area (Å²) in [5.74, 6) is 0. The van der Waals surface area contributed by atoms with Gasteiger partial charge < -0.3 is 5.11 Å². The van der Waals surface area contributed by atoms with E-state index in [4.69, 9.17) is 16.7 Å². The first-order chi connectivity index (χ1) is 4.48. The zero-order valence-electron chi connectivity index (χ0n) is 7.02. The second-order valence-electron chi connectivity index (χ2n) is 3.55. The Morgan fingerprint density at radius 3 is 2.30 bits per heavy atom. The maximum atomic E-state index is 8.88. The molecular weight excluding hydrogens is 148 g/mol. The van der Waals surface area contributed by atoms with E-state index in [-0.39, 0.29) is 5.41 Å². The quantitative estimate of drug-likeness (QED) is 0.634. The van der Waals surface area contributed by atoms with E-state index in [9.17, 15) is 0 Å². The molecule has 0 spiro atoms. The van der Waals surface area contributed by atoms with Crippen LogP contribution >= 0.6 is 11.6 Å². The molecule has 0 fully saturated rings. The lowest BCUT2D eigenvalue weighted by Gasteiger charge is -2.24. The second-order valence-corrected chi connectivity index (χ2v) is 4.06. The average Bonchev–Trinajstić information content (AvgIpc) is 1.59. The zero-order chi connectivity index (χ0) is 8.20. The highest BCUT2D eigenvalue weighted by Gasteiger charge is 2.19. The molecule has 1 N–H and O–H groups in total. The van der Waals surface area contributed by atoms with Crippen molar-refractivity contribution in [2.45, 2.75) is 45.6 Å². The molecule has 62 valence electrons. The van der Waals surface area contributed by atoms with Gasteiger partial charge in [-0.25, -0.2) is 0 Å². The van der Waals surface area contributed by atoms with Crippen molar-refractivity contribution in [3.63, 3.8) is 0 Å². The van der Waals surface area contributed by atoms with Gasteiger partial charge in [-0.2, -0.15) is 0 Å². The third-order valence-corrected chi connectivity index (χ3v) is 1.80. The molecule has 0 aromatic heterocycles. The first-order valence-electron chi connectivity index (χ1n) is 3.80. The Hall–Kier alpha value is 0.250. The lowest BCUT2D eigenvalue weighted by molar-refractivity contribution is 0.170. The van der Waals surface area contributed by atoms with E-state index in [2.05, 4.69) is 20.8 Å². The molecule has 0 saturated carbocycles. The summed E-state index contributed by atoms with van der Waals surface area (Å²) in [7, 11) is 0. The fourth-order valence-electron chi connectivity index (χ4n) is 1.23. The third-order valence-electron chi connectivity index (χ3n) is 1.65. The Balaban J connectivity index is 3.63. The molecule has 0 aliphatic heterocycles. The summed E-state index contributed by atoms with van der Waals surface area (Å²) in [6.45, 7) is 6.40. The van der Waals surface area contributed by atoms with E-state index < -0.39 is 5.56 Å². The number of hydrogen-bond acceptors (Lipinski definition) is 1. The van der Waals surface area contributed by atoms with E-state index in [1.807, 2.05) is 0 Å². The average molecular weight is 165 g/mol. The van der Waals surface area contributed by atoms with Gasteiger partial charge in [0, 0.05) is 0 Å². The van der Waals surface area contributed by atoms with Gasteiger partial charge in [-0.05, 0) is 18.3 Å². The van der Waals surface area contributed by atoms with Gasteiger partial charge in [0.2, 0.25) is 0 Å². The topological polar surface area (TPSA) is 20.2 Å². The minimum absolute atomic E-state index is 0.190. The molecule has 1 unspecified atom stereocenters. The molecule has 0 saturated heterocycles. The van der Waals surface area contributed by atoms with Gasteiger partial charge in [0.05, 0.1) is 0 Å². The molecule has 0 heterocycles. The molecule has 0 rings (SSSR count). The predicted octanol–water partition coefficient (Wildman–Crippen LogP) is 2.76. The lowest BCUT2D eigenvalue weighted by atomic mass is 9.85. The van der Waals surface area contributed by atoms with E-state index >= 15 is 0 Å². The molecule has 0 aromatic carbocycles. The van der Waals surface area contributed by atoms with Gasteiger partial charge in [0.25, 0.3) is 0 Å². The van der Waals surface area contributed by atoms with Gasteiger partial charge in [-0.15, -0.1) is 0 Å². The van der Waals surface area contributed by atoms with Crippen LogP contribution in [0, 0.1) is 5.41 Å². The fraction of sp³-hybridized carbons (Fsp3) is 1.00. The van der Waals surface area contributed by atoms with Crippen molar-refractivity contribution in [2.75, 3.05) is 0 Å². The summed E-state index contributed by atoms with van der Waals surface area (Å²) in [4.78, 5) is 0. The monoisotopic (exact) mass is 164 g/mol. The highest BCUT2D eigenvalue weighted by Crippen LogP contribution is 2.28. The first kappa shape index (κ1) is 10.2. The molecular formula is C8H17ClO. The highest BCUT2D eigenvalue weighted by atomic mass is 35.5. The molecule has 10 heavy (non-hydrogen) atoms. The molecule has 0 radical (unpaired) electrons. The molecule has 1 atom stereocenters. The number of rotatable bonds is 4. The minimum atomic E-state index is -0.679. The Kier molecular flexibility index (Phi) is 4.30. The van der Waals surface area contributed by atoms with Crippen LogP contribution in [0.25, 0.3) is 0 Å². The van der Waals surface area contributed by atoms with Crippen LogP contribution in [0.3, 0.4) is 0 Å². The maximum absolute atomic E-state index is 8.88. The largest absolute Gasteiger partial charge is 0.378 e. The van der Waals surface area contributed by atoms with Crippen LogP contribution in [0.4, 0.5) is 0 Å². The van der Waals surface area contributed by atoms with E-state index in [1.54, 1.807) is 0 Å². The maximum Gasteiger partial charge on any atom is 0.128 e. The Morgan fingerprint density at radius 2 is 2.00 bits per heavy atom. The van der Waals surface area contributed by atoms with Crippen molar-refractivity contribution in [1.29, 1.82) is 0 Å². The zero-order valence-corrected chi connectivity index (χ0v) is 7.78. The van der Waals surface area contributed by atoms with E-state index in [1.165, 1.54) is 0 Å². The molecule has 0 aromatic rings. The Morgan fingerprint density at radius 1 is 1.50 bits per heavy atom. The van der Waals surface area contributed by atoms with Crippen molar-refractivity contribution in [3.05, 3.63) is 0 Å². The smallest absolute Gasteiger partial charge is 0.128 e. The summed E-state index contributed by atoms with van der Waals surface area (Å²) in [5.41, 5.74) is -0.489. The summed E-state index contributed by atoms with van der Waals surface area (Å²) in [6.07, 6.45) is 2.95. The first-order valence-corrected chi connectivity index (χ1v) is 4.24. The number of halogens is 1. The van der Waals surface area contributed by atoms with Crippen LogP contribution in [-0.4, -0.2) is 10.7 Å². The number of aliphatic hydroxyl groups is 1. The van der Waals surface area contributed by atoms with Crippen LogP contribution in [0.5, 0.6) is 0 Å². The van der Waals surface area contributed by atoms with Gasteiger partial charge in [-0.1, -0.05) is 38.8 Å².